The van der Waals surface area contributed by atoms with E-state index >= 15 is 0 Å². The van der Waals surface area contributed by atoms with Crippen LogP contribution in [0.4, 0.5) is 19.2 Å². The lowest BCUT2D eigenvalue weighted by Crippen LogP contribution is -2.47. The van der Waals surface area contributed by atoms with Crippen LogP contribution >= 0.6 is 11.8 Å². The molecule has 2 rings (SSSR count). The molecule has 0 atom stereocenters. The lowest BCUT2D eigenvalue weighted by Gasteiger charge is -2.27. The highest BCUT2D eigenvalue weighted by Crippen LogP contribution is 2.11. The molecule has 0 saturated heterocycles. The van der Waals surface area contributed by atoms with E-state index in [1.54, 1.807) is 95.0 Å². The predicted octanol–water partition coefficient (Wildman–Crippen LogP) is 6.34. The smallest absolute Gasteiger partial charge is 0.437 e. The van der Waals surface area contributed by atoms with Crippen molar-refractivity contribution in [2.24, 2.45) is 31.4 Å². The van der Waals surface area contributed by atoms with Gasteiger partial charge in [0, 0.05) is 49.1 Å². The maximum absolute atomic E-state index is 11.9. The van der Waals surface area contributed by atoms with Gasteiger partial charge in [0.25, 0.3) is 6.02 Å². The fourth-order valence-corrected chi connectivity index (χ4v) is 5.36. The van der Waals surface area contributed by atoms with Gasteiger partial charge in [0.1, 0.15) is 35.6 Å². The highest BCUT2D eigenvalue weighted by Gasteiger charge is 2.23. The van der Waals surface area contributed by atoms with Crippen LogP contribution in [-0.2, 0) is 33.3 Å². The second-order valence-corrected chi connectivity index (χ2v) is 23.7. The van der Waals surface area contributed by atoms with Gasteiger partial charge >= 0.3 is 24.4 Å². The molecule has 0 saturated carbocycles. The Kier molecular flexibility index (Phi) is 39.9. The third-order valence-electron chi connectivity index (χ3n) is 7.21. The van der Waals surface area contributed by atoms with Crippen molar-refractivity contribution in [3.63, 3.8) is 0 Å². The van der Waals surface area contributed by atoms with Crippen molar-refractivity contribution in [2.45, 2.75) is 225 Å². The minimum Gasteiger partial charge on any atom is -0.463 e. The Hall–Kier alpha value is -5.79. The number of amidine groups is 2. The maximum Gasteiger partial charge on any atom is 0.437 e. The third kappa shape index (κ3) is 57.7. The highest BCUT2D eigenvalue weighted by molar-refractivity contribution is 8.14. The van der Waals surface area contributed by atoms with Gasteiger partial charge in [-0.2, -0.15) is 0 Å². The number of nitrogens with two attached hydrogens (primary N) is 2. The summed E-state index contributed by atoms with van der Waals surface area (Å²) in [6.07, 6.45) is -2.62. The van der Waals surface area contributed by atoms with E-state index in [2.05, 4.69) is 84.9 Å². The number of carbonyl (C=O) groups excluding carboxylic acids is 6. The van der Waals surface area contributed by atoms with Gasteiger partial charge in [0.05, 0.1) is 19.6 Å². The minimum absolute atomic E-state index is 0.0242. The molecule has 0 unspecified atom stereocenters. The topological polar surface area (TPSA) is 338 Å². The molecule has 6 amide bonds. The molecule has 2 aliphatic rings. The fraction of sp³-hybridized carbons (Fsp3) is 0.804. The summed E-state index contributed by atoms with van der Waals surface area (Å²) in [5.74, 6) is 0.985. The molecule has 0 aromatic rings. The zero-order valence-electron chi connectivity index (χ0n) is 51.5. The number of rotatable bonds is 9. The molecule has 25 nitrogen and oxygen atoms in total. The van der Waals surface area contributed by atoms with E-state index in [0.717, 1.165) is 30.6 Å². The molecule has 0 fully saturated rings. The van der Waals surface area contributed by atoms with Crippen molar-refractivity contribution in [3.8, 4) is 0 Å². The number of thioether (sulfide) groups is 1. The maximum atomic E-state index is 11.9. The van der Waals surface area contributed by atoms with E-state index in [0.29, 0.717) is 18.1 Å². The second-order valence-electron chi connectivity index (χ2n) is 22.7. The molecular weight excluding hydrogens is 1020 g/mol. The van der Waals surface area contributed by atoms with E-state index < -0.39 is 46.8 Å². The van der Waals surface area contributed by atoms with Gasteiger partial charge in [0.15, 0.2) is 11.1 Å². The third-order valence-corrected chi connectivity index (χ3v) is 8.12. The Morgan fingerprint density at radius 2 is 1.09 bits per heavy atom. The Balaban J connectivity index is -0.000000431. The predicted molar refractivity (Wildman–Crippen MR) is 311 cm³/mol. The molecule has 11 N–H and O–H groups in total. The first-order valence-corrected chi connectivity index (χ1v) is 26.9. The van der Waals surface area contributed by atoms with Gasteiger partial charge in [-0.15, -0.1) is 4.99 Å². The summed E-state index contributed by atoms with van der Waals surface area (Å²) in [4.78, 5) is 85.2. The standard InChI is InChI=1S/C15H29N3O4.C10H20N2O3.C9H19N3O2.C6H12N2O.C6H12N2S.C5H12N2O/c1-10(2)18(9)11(16-12(19)21-14(3,4)5)17-13(20)22-15(6,7)8;1-7(2)12-8(13)6-11-9(14)15-10(3,4)5;1-6(2)11-7(10)12-8(13)14-9(3,4)5;2*1-5(2)8-6-7-3-4-9-6;1-4(2)7-5(8)3-6/h10H,1-9H3,(H,16,17,19,20);7H,6H2,1-5H3,(H,11,14)(H,12,13);6H,1-5H3,(H3,10,11,12,13);2*5H,3-4H2,1-2H3,(H,7,8);4H,3,6H2,1-2H3,(H,7,8). The molecule has 0 aliphatic carbocycles. The van der Waals surface area contributed by atoms with E-state index in [1.807, 2.05) is 67.2 Å². The molecule has 0 aromatic heterocycles. The minimum atomic E-state index is -0.772. The van der Waals surface area contributed by atoms with Crippen molar-refractivity contribution >= 4 is 71.1 Å². The summed E-state index contributed by atoms with van der Waals surface area (Å²) in [6, 6.07) is 1.98. The second kappa shape index (κ2) is 39.6. The number of nitrogens with zero attached hydrogens (tertiary/aromatic N) is 5. The van der Waals surface area contributed by atoms with Gasteiger partial charge in [0.2, 0.25) is 17.8 Å². The number of hydrogen-bond donors (Lipinski definition) is 9. The Morgan fingerprint density at radius 1 is 0.636 bits per heavy atom. The molecule has 2 aliphatic heterocycles. The van der Waals surface area contributed by atoms with Crippen molar-refractivity contribution in [2.75, 3.05) is 45.6 Å². The summed E-state index contributed by atoms with van der Waals surface area (Å²) >= 11 is 1.81. The zero-order valence-corrected chi connectivity index (χ0v) is 52.3. The van der Waals surface area contributed by atoms with Crippen LogP contribution in [0.25, 0.3) is 0 Å². The first-order chi connectivity index (χ1) is 34.9. The molecule has 450 valence electrons. The monoisotopic (exact) mass is 1120 g/mol. The van der Waals surface area contributed by atoms with Crippen LogP contribution in [0, 0.1) is 0 Å². The van der Waals surface area contributed by atoms with E-state index in [1.165, 1.54) is 0 Å². The van der Waals surface area contributed by atoms with Crippen LogP contribution in [0.3, 0.4) is 0 Å². The van der Waals surface area contributed by atoms with Crippen molar-refractivity contribution in [1.29, 1.82) is 0 Å². The molecule has 77 heavy (non-hydrogen) atoms. The number of carbonyl (C=O) groups is 6. The molecule has 26 heteroatoms. The number of ether oxygens (including phenoxy) is 5. The Morgan fingerprint density at radius 3 is 1.44 bits per heavy atom. The molecular formula is C51H104N14O11S. The highest BCUT2D eigenvalue weighted by atomic mass is 32.2. The molecule has 2 heterocycles. The molecule has 0 radical (unpaired) electrons. The van der Waals surface area contributed by atoms with Gasteiger partial charge in [-0.05, 0) is 166 Å². The van der Waals surface area contributed by atoms with Gasteiger partial charge < -0.3 is 66.6 Å². The summed E-state index contributed by atoms with van der Waals surface area (Å²) in [5, 5.41) is 19.9. The SMILES string of the molecule is CC(C)N(C)C(=NC(=O)OC(C)(C)C)NC(=O)OC(C)(C)C.CC(C)N=C(N)NC(=O)OC(C)(C)C.CC(C)NC(=O)CN.CC(C)NC(=O)CNC(=O)OC(C)(C)C.CC(C)NC1=NCCO1.CC(C)NC1=NCCS1. The Labute approximate surface area is 466 Å². The van der Waals surface area contributed by atoms with Crippen LogP contribution in [0.15, 0.2) is 20.0 Å². The average molecular weight is 1120 g/mol. The fourth-order valence-electron chi connectivity index (χ4n) is 4.48. The molecule has 0 bridgehead atoms. The largest absolute Gasteiger partial charge is 0.463 e. The quantitative estimate of drug-likeness (QED) is 0.0691. The van der Waals surface area contributed by atoms with E-state index in [9.17, 15) is 28.8 Å². The van der Waals surface area contributed by atoms with Gasteiger partial charge in [-0.1, -0.05) is 11.8 Å². The number of alkyl carbamates (subject to hydrolysis) is 3. The summed E-state index contributed by atoms with van der Waals surface area (Å²) in [5.41, 5.74) is 8.07. The van der Waals surface area contributed by atoms with Crippen molar-refractivity contribution < 1.29 is 52.5 Å². The van der Waals surface area contributed by atoms with Crippen LogP contribution in [0.2, 0.25) is 0 Å². The summed E-state index contributed by atoms with van der Waals surface area (Å²) < 4.78 is 25.4. The lowest BCUT2D eigenvalue weighted by atomic mass is 10.2. The van der Waals surface area contributed by atoms with Crippen LogP contribution in [0.5, 0.6) is 0 Å². The number of amides is 6. The number of guanidine groups is 2. The van der Waals surface area contributed by atoms with Crippen LogP contribution in [-0.4, -0.2) is 168 Å². The molecule has 0 aromatic carbocycles. The molecule has 0 spiro atoms. The number of hydrogen-bond acceptors (Lipinski definition) is 18. The average Bonchev–Trinajstić information content (AvgIpc) is 3.91. The van der Waals surface area contributed by atoms with Crippen LogP contribution < -0.4 is 48.7 Å². The van der Waals surface area contributed by atoms with Gasteiger partial charge in [-0.3, -0.25) is 30.2 Å². The number of nitrogens with one attached hydrogen (secondary N) is 7. The van der Waals surface area contributed by atoms with Crippen LogP contribution in [0.1, 0.15) is 166 Å². The van der Waals surface area contributed by atoms with E-state index in [4.69, 9.17) is 35.2 Å². The first-order valence-electron chi connectivity index (χ1n) is 25.9. The Bertz CT molecular complexity index is 1830. The van der Waals surface area contributed by atoms with E-state index in [-0.39, 0.29) is 61.0 Å². The summed E-state index contributed by atoms with van der Waals surface area (Å²) in [6.45, 7) is 47.1. The number of aliphatic imine (C=N–C) groups is 4. The summed E-state index contributed by atoms with van der Waals surface area (Å²) in [7, 11) is 1.71. The van der Waals surface area contributed by atoms with Crippen molar-refractivity contribution in [3.05, 3.63) is 0 Å². The first kappa shape index (κ1) is 77.7. The normalized spacial score (nSPS) is 13.4. The van der Waals surface area contributed by atoms with Gasteiger partial charge in [-0.25, -0.2) is 24.2 Å². The lowest BCUT2D eigenvalue weighted by molar-refractivity contribution is -0.121. The zero-order chi connectivity index (χ0) is 61.1. The van der Waals surface area contributed by atoms with Crippen molar-refractivity contribution in [1.82, 2.24) is 42.1 Å².